The van der Waals surface area contributed by atoms with Crippen molar-refractivity contribution in [2.75, 3.05) is 13.1 Å². The van der Waals surface area contributed by atoms with Gasteiger partial charge in [0.25, 0.3) is 11.5 Å². The lowest BCUT2D eigenvalue weighted by Gasteiger charge is -2.35. The molecule has 7 nitrogen and oxygen atoms in total. The highest BCUT2D eigenvalue weighted by Crippen LogP contribution is 2.31. The van der Waals surface area contributed by atoms with Gasteiger partial charge in [-0.25, -0.2) is 9.37 Å². The number of fused-ring (bicyclic) bond motifs is 1. The van der Waals surface area contributed by atoms with Crippen LogP contribution in [0.3, 0.4) is 0 Å². The predicted octanol–water partition coefficient (Wildman–Crippen LogP) is 1.96. The predicted molar refractivity (Wildman–Crippen MR) is 146 cm³/mol. The van der Waals surface area contributed by atoms with E-state index >= 15 is 0 Å². The second kappa shape index (κ2) is 12.6. The largest absolute Gasteiger partial charge is 1.00 e. The van der Waals surface area contributed by atoms with Crippen molar-refractivity contribution in [1.29, 1.82) is 0 Å². The number of hydrogen-bond donors (Lipinski definition) is 1. The van der Waals surface area contributed by atoms with Gasteiger partial charge in [-0.2, -0.15) is 4.37 Å². The van der Waals surface area contributed by atoms with Gasteiger partial charge in [0.15, 0.2) is 4.83 Å². The molecule has 0 aliphatic carbocycles. The zero-order chi connectivity index (χ0) is 26.7. The van der Waals surface area contributed by atoms with E-state index in [1.54, 1.807) is 28.5 Å². The molecule has 4 aromatic rings. The van der Waals surface area contributed by atoms with Crippen LogP contribution in [0, 0.1) is 25.6 Å². The van der Waals surface area contributed by atoms with Gasteiger partial charge in [0.2, 0.25) is 0 Å². The fraction of sp³-hybridized carbons (Fsp3) is 0.357. The lowest BCUT2D eigenvalue weighted by molar-refractivity contribution is -0.0000192. The Hall–Kier alpha value is -3.14. The van der Waals surface area contributed by atoms with E-state index in [0.717, 1.165) is 11.1 Å². The Morgan fingerprint density at radius 2 is 1.79 bits per heavy atom. The molecule has 0 fully saturated rings. The van der Waals surface area contributed by atoms with Gasteiger partial charge in [0, 0.05) is 12.1 Å². The van der Waals surface area contributed by atoms with Gasteiger partial charge in [0.05, 0.1) is 23.7 Å². The van der Waals surface area contributed by atoms with Crippen LogP contribution in [0.4, 0.5) is 4.39 Å². The van der Waals surface area contributed by atoms with E-state index in [2.05, 4.69) is 4.37 Å². The van der Waals surface area contributed by atoms with Crippen LogP contribution < -0.4 is 23.7 Å². The fourth-order valence-electron chi connectivity index (χ4n) is 4.52. The molecule has 2 heterocycles. The van der Waals surface area contributed by atoms with E-state index in [1.807, 2.05) is 45.0 Å². The smallest absolute Gasteiger partial charge is 1.00 e. The van der Waals surface area contributed by atoms with Gasteiger partial charge < -0.3 is 23.0 Å². The average Bonchev–Trinajstić information content (AvgIpc) is 3.25. The summed E-state index contributed by atoms with van der Waals surface area (Å²) in [5.41, 5.74) is 8.63. The van der Waals surface area contributed by atoms with E-state index in [-0.39, 0.29) is 43.6 Å². The molecule has 0 spiro atoms. The summed E-state index contributed by atoms with van der Waals surface area (Å²) in [7, 11) is 0. The van der Waals surface area contributed by atoms with Crippen LogP contribution in [0.1, 0.15) is 60.7 Å². The molecule has 0 aliphatic heterocycles. The maximum absolute atomic E-state index is 13.9. The Labute approximate surface area is 233 Å². The van der Waals surface area contributed by atoms with Crippen LogP contribution >= 0.6 is 11.5 Å². The van der Waals surface area contributed by atoms with E-state index in [0.29, 0.717) is 46.8 Å². The van der Waals surface area contributed by atoms with Crippen molar-refractivity contribution in [2.45, 2.75) is 46.7 Å². The van der Waals surface area contributed by atoms with Gasteiger partial charge in [-0.15, -0.1) is 0 Å². The highest BCUT2D eigenvalue weighted by Gasteiger charge is 2.33. The van der Waals surface area contributed by atoms with E-state index < -0.39 is 6.04 Å². The molecule has 4 rings (SSSR count). The molecule has 1 unspecified atom stereocenters. The number of carbonyl (C=O) groups excluding carboxylic acids is 1. The molecule has 2 N–H and O–H groups in total. The Morgan fingerprint density at radius 1 is 1.13 bits per heavy atom. The van der Waals surface area contributed by atoms with Crippen LogP contribution in [0.15, 0.2) is 53.3 Å². The number of nitrogens with zero attached hydrogens (tertiary/aromatic N) is 4. The molecule has 0 bridgehead atoms. The monoisotopic (exact) mass is 557 g/mol. The Bertz CT molecular complexity index is 1460. The molecule has 0 radical (unpaired) electrons. The van der Waals surface area contributed by atoms with Crippen LogP contribution in [0.5, 0.6) is 0 Å². The Balaban J connectivity index is 0.00000267. The first kappa shape index (κ1) is 29.4. The van der Waals surface area contributed by atoms with Crippen LogP contribution in [-0.2, 0) is 6.54 Å². The summed E-state index contributed by atoms with van der Waals surface area (Å²) >= 11 is 1.18. The average molecular weight is 558 g/mol. The normalized spacial score (nSPS) is 12.0. The molecule has 10 heteroatoms. The third-order valence-corrected chi connectivity index (χ3v) is 7.28. The fourth-order valence-corrected chi connectivity index (χ4v) is 5.30. The lowest BCUT2D eigenvalue weighted by atomic mass is 9.98. The quantitative estimate of drug-likeness (QED) is 0.339. The summed E-state index contributed by atoms with van der Waals surface area (Å²) in [6.07, 6.45) is 0.602. The van der Waals surface area contributed by atoms with E-state index in [4.69, 9.17) is 10.7 Å². The molecule has 1 amide bonds. The molecular formula is C28H33ClFN5O2S. The molecule has 0 saturated heterocycles. The number of halogens is 2. The molecule has 0 saturated carbocycles. The lowest BCUT2D eigenvalue weighted by Crippen LogP contribution is -3.00. The Morgan fingerprint density at radius 3 is 2.39 bits per heavy atom. The second-order valence-corrected chi connectivity index (χ2v) is 10.4. The van der Waals surface area contributed by atoms with E-state index in [1.165, 1.54) is 23.7 Å². The maximum atomic E-state index is 13.9. The summed E-state index contributed by atoms with van der Waals surface area (Å²) < 4.78 is 19.6. The van der Waals surface area contributed by atoms with Gasteiger partial charge in [-0.05, 0) is 74.1 Å². The van der Waals surface area contributed by atoms with Crippen molar-refractivity contribution >= 4 is 27.7 Å². The Kier molecular flexibility index (Phi) is 9.76. The molecule has 0 aliphatic rings. The number of hydrogen-bond acceptors (Lipinski definition) is 6. The second-order valence-electron chi connectivity index (χ2n) is 9.63. The van der Waals surface area contributed by atoms with Gasteiger partial charge in [0.1, 0.15) is 11.6 Å². The highest BCUT2D eigenvalue weighted by molar-refractivity contribution is 7.12. The SMILES string of the molecule is Cc1ccc(C(=O)N(CCCN)C(c2nc3snc(C)c3c(=O)n2Cc2ccc(F)cc2)C(C)C)cc1.[Cl-].[H+]. The zero-order valence-corrected chi connectivity index (χ0v) is 23.5. The minimum atomic E-state index is -0.500. The standard InChI is InChI=1S/C28H32FN5O2S.ClH/c1-17(2)24(33(15-5-14-30)27(35)21-10-6-18(3)7-11-21)25-31-26-23(19(4)32-37-26)28(36)34(25)16-20-8-12-22(29)13-9-20;/h6-13,17,24H,5,14-16,30H2,1-4H3;1H. The van der Waals surface area contributed by atoms with E-state index in [9.17, 15) is 14.0 Å². The van der Waals surface area contributed by atoms with Crippen molar-refractivity contribution in [3.63, 3.8) is 0 Å². The third kappa shape index (κ3) is 6.11. The third-order valence-electron chi connectivity index (χ3n) is 6.44. The molecule has 2 aromatic heterocycles. The number of aromatic nitrogens is 3. The van der Waals surface area contributed by atoms with Crippen LogP contribution in [0.2, 0.25) is 0 Å². The molecule has 38 heavy (non-hydrogen) atoms. The van der Waals surface area contributed by atoms with Crippen molar-refractivity contribution in [2.24, 2.45) is 11.7 Å². The summed E-state index contributed by atoms with van der Waals surface area (Å²) in [6.45, 7) is 8.82. The summed E-state index contributed by atoms with van der Waals surface area (Å²) in [5.74, 6) is -0.0715. The van der Waals surface area contributed by atoms with Crippen LogP contribution in [0.25, 0.3) is 10.2 Å². The maximum Gasteiger partial charge on any atom is 1.00 e. The number of aryl methyl sites for hydroxylation is 2. The number of carbonyl (C=O) groups is 1. The van der Waals surface area contributed by atoms with Crippen molar-refractivity contribution in [1.82, 2.24) is 18.8 Å². The molecular weight excluding hydrogens is 525 g/mol. The first-order valence-corrected chi connectivity index (χ1v) is 13.2. The summed E-state index contributed by atoms with van der Waals surface area (Å²) in [4.78, 5) is 35.0. The topological polar surface area (TPSA) is 94.1 Å². The minimum absolute atomic E-state index is 0. The first-order chi connectivity index (χ1) is 17.7. The minimum Gasteiger partial charge on any atom is -1.00 e. The van der Waals surface area contributed by atoms with Crippen molar-refractivity contribution < 1.29 is 23.0 Å². The highest BCUT2D eigenvalue weighted by atomic mass is 35.5. The molecule has 202 valence electrons. The molecule has 2 aromatic carbocycles. The van der Waals surface area contributed by atoms with Gasteiger partial charge in [-0.1, -0.05) is 43.7 Å². The number of rotatable bonds is 9. The van der Waals surface area contributed by atoms with Gasteiger partial charge in [-0.3, -0.25) is 14.2 Å². The number of benzene rings is 2. The molecule has 1 atom stereocenters. The van der Waals surface area contributed by atoms with Crippen LogP contribution in [-0.4, -0.2) is 37.8 Å². The van der Waals surface area contributed by atoms with Gasteiger partial charge >= 0.3 is 1.43 Å². The van der Waals surface area contributed by atoms with Crippen molar-refractivity contribution in [3.8, 4) is 0 Å². The first-order valence-electron chi connectivity index (χ1n) is 12.4. The zero-order valence-electron chi connectivity index (χ0n) is 22.9. The van der Waals surface area contributed by atoms with Crippen molar-refractivity contribution in [3.05, 3.63) is 92.9 Å². The summed E-state index contributed by atoms with van der Waals surface area (Å²) in [5, 5.41) is 0.469. The summed E-state index contributed by atoms with van der Waals surface area (Å²) in [6, 6.07) is 13.0. The number of amides is 1. The number of nitrogens with two attached hydrogens (primary N) is 1.